The number of fused-ring (bicyclic) bond motifs is 1. The maximum Gasteiger partial charge on any atom is 0.227 e. The van der Waals surface area contributed by atoms with Crippen molar-refractivity contribution in [2.45, 2.75) is 12.8 Å². The first-order valence-electron chi connectivity index (χ1n) is 8.46. The molecule has 0 spiro atoms. The molecule has 2 heterocycles. The Morgan fingerprint density at radius 2 is 1.88 bits per heavy atom. The minimum absolute atomic E-state index is 0.0818. The molecule has 1 saturated heterocycles. The van der Waals surface area contributed by atoms with Crippen LogP contribution in [-0.4, -0.2) is 24.0 Å². The number of anilines is 2. The highest BCUT2D eigenvalue weighted by atomic mass is 32.1. The van der Waals surface area contributed by atoms with Crippen LogP contribution < -0.4 is 10.2 Å². The van der Waals surface area contributed by atoms with Crippen LogP contribution in [0.2, 0.25) is 0 Å². The van der Waals surface area contributed by atoms with Gasteiger partial charge in [0.05, 0.1) is 10.2 Å². The molecule has 1 aliphatic heterocycles. The summed E-state index contributed by atoms with van der Waals surface area (Å²) in [5.74, 6) is -0.826. The number of piperidine rings is 1. The van der Waals surface area contributed by atoms with E-state index in [0.717, 1.165) is 15.3 Å². The third-order valence-corrected chi connectivity index (χ3v) is 5.65. The second-order valence-corrected chi connectivity index (χ2v) is 7.38. The summed E-state index contributed by atoms with van der Waals surface area (Å²) >= 11 is 1.46. The number of thiazole rings is 1. The number of halogens is 2. The Labute approximate surface area is 153 Å². The monoisotopic (exact) mass is 373 g/mol. The lowest BCUT2D eigenvalue weighted by Gasteiger charge is -2.31. The molecule has 0 atom stereocenters. The number of aromatic nitrogens is 1. The fourth-order valence-electron chi connectivity index (χ4n) is 3.17. The number of benzene rings is 2. The number of nitrogens with one attached hydrogen (secondary N) is 1. The molecular formula is C19H17F2N3OS. The minimum atomic E-state index is -0.370. The molecule has 1 amide bonds. The zero-order valence-electron chi connectivity index (χ0n) is 13.9. The van der Waals surface area contributed by atoms with Crippen LogP contribution in [0.15, 0.2) is 42.5 Å². The first-order valence-corrected chi connectivity index (χ1v) is 9.27. The first kappa shape index (κ1) is 16.9. The molecule has 1 aromatic heterocycles. The lowest BCUT2D eigenvalue weighted by Crippen LogP contribution is -2.38. The van der Waals surface area contributed by atoms with Gasteiger partial charge in [-0.3, -0.25) is 4.79 Å². The first-order chi connectivity index (χ1) is 12.6. The molecule has 3 aromatic rings. The summed E-state index contributed by atoms with van der Waals surface area (Å²) < 4.78 is 27.4. The van der Waals surface area contributed by atoms with Gasteiger partial charge in [-0.05, 0) is 49.2 Å². The summed E-state index contributed by atoms with van der Waals surface area (Å²) in [5.41, 5.74) is 1.27. The van der Waals surface area contributed by atoms with Gasteiger partial charge in [-0.2, -0.15) is 0 Å². The van der Waals surface area contributed by atoms with Gasteiger partial charge in [0.1, 0.15) is 11.6 Å². The van der Waals surface area contributed by atoms with E-state index >= 15 is 0 Å². The summed E-state index contributed by atoms with van der Waals surface area (Å²) in [6.45, 7) is 1.42. The van der Waals surface area contributed by atoms with Gasteiger partial charge in [-0.25, -0.2) is 13.8 Å². The zero-order chi connectivity index (χ0) is 18.1. The number of hydrogen-bond donors (Lipinski definition) is 1. The molecule has 7 heteroatoms. The smallest absolute Gasteiger partial charge is 0.227 e. The SMILES string of the molecule is O=C(Nc1cccc(F)c1)C1CCN(c2nc3ccc(F)cc3s2)CC1. The standard InChI is InChI=1S/C19H17F2N3OS/c20-13-2-1-3-15(10-13)22-18(25)12-6-8-24(9-7-12)19-23-16-5-4-14(21)11-17(16)26-19/h1-5,10-12H,6-9H2,(H,22,25). The Morgan fingerprint density at radius 1 is 1.12 bits per heavy atom. The normalized spacial score (nSPS) is 15.4. The number of hydrogen-bond acceptors (Lipinski definition) is 4. The summed E-state index contributed by atoms with van der Waals surface area (Å²) in [5, 5.41) is 3.64. The van der Waals surface area contributed by atoms with Gasteiger partial charge in [0, 0.05) is 24.7 Å². The Bertz CT molecular complexity index is 951. The molecule has 0 aliphatic carbocycles. The molecule has 4 rings (SSSR count). The number of rotatable bonds is 3. The zero-order valence-corrected chi connectivity index (χ0v) is 14.7. The molecule has 2 aromatic carbocycles. The van der Waals surface area contributed by atoms with Crippen molar-refractivity contribution in [1.29, 1.82) is 0 Å². The van der Waals surface area contributed by atoms with E-state index in [9.17, 15) is 13.6 Å². The van der Waals surface area contributed by atoms with E-state index in [1.54, 1.807) is 18.2 Å². The molecule has 0 bridgehead atoms. The molecular weight excluding hydrogens is 356 g/mol. The average Bonchev–Trinajstić information content (AvgIpc) is 3.05. The summed E-state index contributed by atoms with van der Waals surface area (Å²) in [6.07, 6.45) is 1.40. The maximum atomic E-state index is 13.3. The minimum Gasteiger partial charge on any atom is -0.348 e. The number of carbonyl (C=O) groups is 1. The van der Waals surface area contributed by atoms with Gasteiger partial charge in [-0.1, -0.05) is 17.4 Å². The van der Waals surface area contributed by atoms with Crippen LogP contribution in [0, 0.1) is 17.6 Å². The highest BCUT2D eigenvalue weighted by molar-refractivity contribution is 7.22. The van der Waals surface area contributed by atoms with E-state index < -0.39 is 0 Å². The fraction of sp³-hybridized carbons (Fsp3) is 0.263. The molecule has 1 aliphatic rings. The van der Waals surface area contributed by atoms with Crippen molar-refractivity contribution in [3.05, 3.63) is 54.1 Å². The van der Waals surface area contributed by atoms with E-state index in [2.05, 4.69) is 15.2 Å². The van der Waals surface area contributed by atoms with E-state index in [1.807, 2.05) is 0 Å². The van der Waals surface area contributed by atoms with Gasteiger partial charge in [-0.15, -0.1) is 0 Å². The topological polar surface area (TPSA) is 45.2 Å². The lowest BCUT2D eigenvalue weighted by atomic mass is 9.96. The Morgan fingerprint density at radius 3 is 2.65 bits per heavy atom. The highest BCUT2D eigenvalue weighted by Gasteiger charge is 2.26. The highest BCUT2D eigenvalue weighted by Crippen LogP contribution is 2.32. The summed E-state index contributed by atoms with van der Waals surface area (Å²) in [6, 6.07) is 10.5. The van der Waals surface area contributed by atoms with Gasteiger partial charge in [0.25, 0.3) is 0 Å². The Kier molecular flexibility index (Phi) is 4.55. The maximum absolute atomic E-state index is 13.3. The van der Waals surface area contributed by atoms with E-state index in [0.29, 0.717) is 31.6 Å². The van der Waals surface area contributed by atoms with Crippen LogP contribution >= 0.6 is 11.3 Å². The molecule has 0 unspecified atom stereocenters. The second-order valence-electron chi connectivity index (χ2n) is 6.37. The fourth-order valence-corrected chi connectivity index (χ4v) is 4.21. The van der Waals surface area contributed by atoms with Gasteiger partial charge in [0.2, 0.25) is 5.91 Å². The van der Waals surface area contributed by atoms with Crippen molar-refractivity contribution in [1.82, 2.24) is 4.98 Å². The molecule has 0 radical (unpaired) electrons. The van der Waals surface area contributed by atoms with Gasteiger partial charge in [0.15, 0.2) is 5.13 Å². The molecule has 0 saturated carbocycles. The van der Waals surface area contributed by atoms with Crippen molar-refractivity contribution in [3.8, 4) is 0 Å². The second kappa shape index (κ2) is 6.99. The van der Waals surface area contributed by atoms with Crippen LogP contribution in [-0.2, 0) is 4.79 Å². The average molecular weight is 373 g/mol. The molecule has 1 fully saturated rings. The summed E-state index contributed by atoms with van der Waals surface area (Å²) in [4.78, 5) is 19.1. The summed E-state index contributed by atoms with van der Waals surface area (Å²) in [7, 11) is 0. The Hall–Kier alpha value is -2.54. The van der Waals surface area contributed by atoms with Crippen molar-refractivity contribution >= 4 is 38.3 Å². The largest absolute Gasteiger partial charge is 0.348 e. The van der Waals surface area contributed by atoms with Gasteiger partial charge >= 0.3 is 0 Å². The van der Waals surface area contributed by atoms with Crippen LogP contribution in [0.1, 0.15) is 12.8 Å². The molecule has 1 N–H and O–H groups in total. The molecule has 134 valence electrons. The number of carbonyl (C=O) groups excluding carboxylic acids is 1. The number of amides is 1. The van der Waals surface area contributed by atoms with Crippen LogP contribution in [0.5, 0.6) is 0 Å². The lowest BCUT2D eigenvalue weighted by molar-refractivity contribution is -0.120. The number of nitrogens with zero attached hydrogens (tertiary/aromatic N) is 2. The van der Waals surface area contributed by atoms with E-state index in [1.165, 1.54) is 35.6 Å². The third-order valence-electron chi connectivity index (χ3n) is 4.57. The van der Waals surface area contributed by atoms with Crippen LogP contribution in [0.4, 0.5) is 19.6 Å². The van der Waals surface area contributed by atoms with Crippen LogP contribution in [0.3, 0.4) is 0 Å². The third kappa shape index (κ3) is 3.53. The Balaban J connectivity index is 1.39. The molecule has 4 nitrogen and oxygen atoms in total. The van der Waals surface area contributed by atoms with E-state index in [-0.39, 0.29) is 23.5 Å². The van der Waals surface area contributed by atoms with Crippen LogP contribution in [0.25, 0.3) is 10.2 Å². The van der Waals surface area contributed by atoms with Gasteiger partial charge < -0.3 is 10.2 Å². The molecule has 26 heavy (non-hydrogen) atoms. The predicted molar refractivity (Wildman–Crippen MR) is 99.5 cm³/mol. The van der Waals surface area contributed by atoms with E-state index in [4.69, 9.17) is 0 Å². The van der Waals surface area contributed by atoms with Crippen molar-refractivity contribution < 1.29 is 13.6 Å². The quantitative estimate of drug-likeness (QED) is 0.739. The predicted octanol–water partition coefficient (Wildman–Crippen LogP) is 4.43. The van der Waals surface area contributed by atoms with Crippen molar-refractivity contribution in [2.75, 3.05) is 23.3 Å². The van der Waals surface area contributed by atoms with Crippen molar-refractivity contribution in [2.24, 2.45) is 5.92 Å². The van der Waals surface area contributed by atoms with Crippen molar-refractivity contribution in [3.63, 3.8) is 0 Å².